The summed E-state index contributed by atoms with van der Waals surface area (Å²) in [5.41, 5.74) is 3.60. The molecule has 1 N–H and O–H groups in total. The number of hydrogen-bond acceptors (Lipinski definition) is 6. The number of esters is 1. The number of rotatable bonds is 8. The molecule has 1 unspecified atom stereocenters. The zero-order valence-electron chi connectivity index (χ0n) is 20.8. The van der Waals surface area contributed by atoms with Crippen molar-refractivity contribution in [3.05, 3.63) is 86.6 Å². The van der Waals surface area contributed by atoms with Crippen LogP contribution in [0.15, 0.2) is 65.4 Å². The third-order valence-corrected chi connectivity index (χ3v) is 8.80. The Balaban J connectivity index is 1.52. The fourth-order valence-corrected chi connectivity index (χ4v) is 6.59. The zero-order chi connectivity index (χ0) is 26.9. The molecule has 5 nitrogen and oxygen atoms in total. The Hall–Kier alpha value is -3.20. The molecule has 1 aliphatic carbocycles. The van der Waals surface area contributed by atoms with Crippen LogP contribution in [0.3, 0.4) is 0 Å². The van der Waals surface area contributed by atoms with Gasteiger partial charge in [-0.2, -0.15) is 15.7 Å². The number of benzene rings is 2. The summed E-state index contributed by atoms with van der Waals surface area (Å²) in [6.45, 7) is 3.82. The molecule has 1 atom stereocenters. The maximum Gasteiger partial charge on any atom is 0.412 e. The summed E-state index contributed by atoms with van der Waals surface area (Å²) >= 11 is 8.52. The van der Waals surface area contributed by atoms with Crippen LogP contribution in [0.5, 0.6) is 0 Å². The van der Waals surface area contributed by atoms with Crippen molar-refractivity contribution < 1.29 is 23.5 Å². The molecule has 0 saturated heterocycles. The van der Waals surface area contributed by atoms with Crippen molar-refractivity contribution in [2.24, 2.45) is 0 Å². The summed E-state index contributed by atoms with van der Waals surface area (Å²) in [5, 5.41) is 6.37. The number of amides is 1. The lowest BCUT2D eigenvalue weighted by Crippen LogP contribution is -2.23. The van der Waals surface area contributed by atoms with Gasteiger partial charge < -0.3 is 9.47 Å². The molecule has 196 valence electrons. The van der Waals surface area contributed by atoms with Gasteiger partial charge >= 0.3 is 12.1 Å². The SMILES string of the molecule is CCOC(=O)C1(c2ccc(-c3ccccc3)c(-c3sc(F)cc3NC(=O)OC(C)c3cscc3Cl)c2)CC1. The number of thiophene rings is 2. The first-order chi connectivity index (χ1) is 18.3. The van der Waals surface area contributed by atoms with Crippen molar-refractivity contribution in [1.29, 1.82) is 0 Å². The third kappa shape index (κ3) is 5.21. The van der Waals surface area contributed by atoms with Crippen LogP contribution in [-0.4, -0.2) is 18.7 Å². The monoisotopic (exact) mass is 569 g/mol. The van der Waals surface area contributed by atoms with E-state index in [2.05, 4.69) is 5.32 Å². The minimum atomic E-state index is -0.721. The van der Waals surface area contributed by atoms with Crippen LogP contribution in [-0.2, 0) is 19.7 Å². The number of halogens is 2. The Kier molecular flexibility index (Phi) is 7.56. The molecule has 0 radical (unpaired) electrons. The van der Waals surface area contributed by atoms with Gasteiger partial charge in [-0.3, -0.25) is 10.1 Å². The lowest BCUT2D eigenvalue weighted by atomic mass is 9.89. The molecule has 2 heterocycles. The first kappa shape index (κ1) is 26.4. The molecule has 38 heavy (non-hydrogen) atoms. The first-order valence-electron chi connectivity index (χ1n) is 12.2. The van der Waals surface area contributed by atoms with E-state index >= 15 is 0 Å². The van der Waals surface area contributed by atoms with Gasteiger partial charge in [0.1, 0.15) is 6.10 Å². The van der Waals surface area contributed by atoms with E-state index < -0.39 is 22.7 Å². The van der Waals surface area contributed by atoms with Crippen molar-refractivity contribution in [3.63, 3.8) is 0 Å². The summed E-state index contributed by atoms with van der Waals surface area (Å²) in [4.78, 5) is 26.2. The van der Waals surface area contributed by atoms with Gasteiger partial charge in [0.25, 0.3) is 0 Å². The van der Waals surface area contributed by atoms with Crippen molar-refractivity contribution >= 4 is 52.0 Å². The van der Waals surface area contributed by atoms with Gasteiger partial charge in [0.15, 0.2) is 5.13 Å². The molecule has 2 aromatic heterocycles. The Morgan fingerprint density at radius 2 is 1.87 bits per heavy atom. The van der Waals surface area contributed by atoms with E-state index in [9.17, 15) is 14.0 Å². The molecule has 1 saturated carbocycles. The Labute approximate surface area is 233 Å². The van der Waals surface area contributed by atoms with Crippen molar-refractivity contribution in [2.75, 3.05) is 11.9 Å². The van der Waals surface area contributed by atoms with Crippen molar-refractivity contribution in [3.8, 4) is 21.6 Å². The second-order valence-corrected chi connectivity index (χ2v) is 11.2. The summed E-state index contributed by atoms with van der Waals surface area (Å²) in [6, 6.07) is 16.8. The maximum absolute atomic E-state index is 14.7. The number of hydrogen-bond donors (Lipinski definition) is 1. The predicted octanol–water partition coefficient (Wildman–Crippen LogP) is 8.84. The quantitative estimate of drug-likeness (QED) is 0.215. The van der Waals surface area contributed by atoms with E-state index in [-0.39, 0.29) is 11.7 Å². The molecular formula is C29H25ClFNO4S2. The first-order valence-corrected chi connectivity index (χ1v) is 14.3. The van der Waals surface area contributed by atoms with Crippen molar-refractivity contribution in [1.82, 2.24) is 0 Å². The topological polar surface area (TPSA) is 64.6 Å². The van der Waals surface area contributed by atoms with Crippen LogP contribution in [0.2, 0.25) is 5.02 Å². The molecule has 1 aliphatic rings. The lowest BCUT2D eigenvalue weighted by Gasteiger charge is -2.18. The van der Waals surface area contributed by atoms with Gasteiger partial charge in [0, 0.05) is 22.6 Å². The summed E-state index contributed by atoms with van der Waals surface area (Å²) in [5.74, 6) is -0.251. The van der Waals surface area contributed by atoms with Gasteiger partial charge in [0.05, 0.1) is 27.6 Å². The Morgan fingerprint density at radius 3 is 2.53 bits per heavy atom. The lowest BCUT2D eigenvalue weighted by molar-refractivity contribution is -0.146. The minimum absolute atomic E-state index is 0.251. The average Bonchev–Trinajstić information content (AvgIpc) is 3.48. The maximum atomic E-state index is 14.7. The number of nitrogens with one attached hydrogen (secondary N) is 1. The van der Waals surface area contributed by atoms with Crippen LogP contribution in [0.4, 0.5) is 14.9 Å². The van der Waals surface area contributed by atoms with Crippen LogP contribution < -0.4 is 5.32 Å². The molecular weight excluding hydrogens is 545 g/mol. The molecule has 5 rings (SSSR count). The number of carbonyl (C=O) groups excluding carboxylic acids is 2. The largest absolute Gasteiger partial charge is 0.465 e. The highest BCUT2D eigenvalue weighted by molar-refractivity contribution is 7.14. The van der Waals surface area contributed by atoms with Crippen LogP contribution >= 0.6 is 34.3 Å². The number of carbonyl (C=O) groups is 2. The highest BCUT2D eigenvalue weighted by atomic mass is 35.5. The molecule has 4 aromatic rings. The molecule has 1 amide bonds. The van der Waals surface area contributed by atoms with E-state index in [0.29, 0.717) is 40.5 Å². The minimum Gasteiger partial charge on any atom is -0.465 e. The van der Waals surface area contributed by atoms with E-state index in [1.807, 2.05) is 53.9 Å². The van der Waals surface area contributed by atoms with Gasteiger partial charge in [-0.05, 0) is 54.8 Å². The number of ether oxygens (including phenoxy) is 2. The standard InChI is InChI=1S/C29H25ClFNO4S2/c1-3-35-27(33)29(11-12-29)19-9-10-20(18-7-5-4-6-8-18)21(13-19)26-24(14-25(31)38-26)32-28(34)36-17(2)22-15-37-16-23(22)30/h4-10,13-17H,3,11-12H2,1-2H3,(H,32,34). The fraction of sp³-hybridized carbons (Fsp3) is 0.241. The summed E-state index contributed by atoms with van der Waals surface area (Å²) in [7, 11) is 0. The zero-order valence-corrected chi connectivity index (χ0v) is 23.1. The summed E-state index contributed by atoms with van der Waals surface area (Å²) < 4.78 is 25.6. The van der Waals surface area contributed by atoms with E-state index in [1.165, 1.54) is 17.4 Å². The highest BCUT2D eigenvalue weighted by Gasteiger charge is 2.53. The second kappa shape index (κ2) is 10.9. The molecule has 2 aromatic carbocycles. The van der Waals surface area contributed by atoms with Gasteiger partial charge in [-0.25, -0.2) is 4.79 Å². The highest BCUT2D eigenvalue weighted by Crippen LogP contribution is 2.52. The Morgan fingerprint density at radius 1 is 1.11 bits per heavy atom. The third-order valence-electron chi connectivity index (χ3n) is 6.62. The van der Waals surface area contributed by atoms with Gasteiger partial charge in [-0.15, -0.1) is 11.3 Å². The summed E-state index contributed by atoms with van der Waals surface area (Å²) in [6.07, 6.45) is 0.0781. The number of anilines is 1. The molecule has 0 aliphatic heterocycles. The fourth-order valence-electron chi connectivity index (χ4n) is 4.50. The predicted molar refractivity (Wildman–Crippen MR) is 151 cm³/mol. The van der Waals surface area contributed by atoms with Crippen LogP contribution in [0.25, 0.3) is 21.6 Å². The second-order valence-electron chi connectivity index (χ2n) is 9.07. The molecule has 0 bridgehead atoms. The van der Waals surface area contributed by atoms with Crippen molar-refractivity contribution in [2.45, 2.75) is 38.2 Å². The van der Waals surface area contributed by atoms with Gasteiger partial charge in [0.2, 0.25) is 0 Å². The normalized spacial score (nSPS) is 14.5. The average molecular weight is 570 g/mol. The Bertz CT molecular complexity index is 1480. The van der Waals surface area contributed by atoms with E-state index in [4.69, 9.17) is 21.1 Å². The molecule has 9 heteroatoms. The van der Waals surface area contributed by atoms with Gasteiger partial charge in [-0.1, -0.05) is 54.1 Å². The molecule has 1 fully saturated rings. The van der Waals surface area contributed by atoms with Crippen LogP contribution in [0, 0.1) is 5.13 Å². The van der Waals surface area contributed by atoms with Crippen LogP contribution in [0.1, 0.15) is 43.9 Å². The molecule has 0 spiro atoms. The smallest absolute Gasteiger partial charge is 0.412 e. The van der Waals surface area contributed by atoms with E-state index in [0.717, 1.165) is 28.0 Å². The van der Waals surface area contributed by atoms with E-state index in [1.54, 1.807) is 19.2 Å².